The Morgan fingerprint density at radius 1 is 1.45 bits per heavy atom. The number of hydrogen-bond donors (Lipinski definition) is 1. The van der Waals surface area contributed by atoms with E-state index in [1.54, 1.807) is 7.05 Å². The van der Waals surface area contributed by atoms with Crippen LogP contribution in [-0.2, 0) is 0 Å². The zero-order valence-electron chi connectivity index (χ0n) is 10.1. The predicted octanol–water partition coefficient (Wildman–Crippen LogP) is 3.12. The second-order valence-corrected chi connectivity index (χ2v) is 4.33. The Hall–Kier alpha value is -2.29. The molecule has 104 valence electrons. The van der Waals surface area contributed by atoms with Crippen molar-refractivity contribution in [2.24, 2.45) is 0 Å². The number of nitro benzene ring substituents is 1. The van der Waals surface area contributed by atoms with Crippen LogP contribution < -0.4 is 10.1 Å². The number of ether oxygens (including phenoxy) is 1. The number of benzene rings is 1. The second-order valence-electron chi connectivity index (χ2n) is 3.54. The molecule has 0 aliphatic heterocycles. The molecular formula is C11H8BrFN4O3. The average molecular weight is 343 g/mol. The minimum Gasteiger partial charge on any atom is -0.427 e. The van der Waals surface area contributed by atoms with E-state index in [1.165, 1.54) is 12.4 Å². The monoisotopic (exact) mass is 342 g/mol. The first-order chi connectivity index (χ1) is 9.54. The summed E-state index contributed by atoms with van der Waals surface area (Å²) >= 11 is 3.18. The van der Waals surface area contributed by atoms with Crippen LogP contribution in [0.25, 0.3) is 0 Å². The minimum atomic E-state index is -0.851. The molecule has 2 rings (SSSR count). The van der Waals surface area contributed by atoms with Crippen LogP contribution in [-0.4, -0.2) is 21.9 Å². The number of nitro groups is 1. The maximum Gasteiger partial charge on any atom is 0.314 e. The maximum atomic E-state index is 13.7. The van der Waals surface area contributed by atoms with Crippen LogP contribution in [0.2, 0.25) is 0 Å². The van der Waals surface area contributed by atoms with Gasteiger partial charge in [-0.1, -0.05) is 6.07 Å². The molecule has 0 fully saturated rings. The van der Waals surface area contributed by atoms with Gasteiger partial charge in [0.1, 0.15) is 16.6 Å². The quantitative estimate of drug-likeness (QED) is 0.678. The molecule has 2 aromatic rings. The van der Waals surface area contributed by atoms with Crippen molar-refractivity contribution in [3.05, 3.63) is 44.9 Å². The van der Waals surface area contributed by atoms with E-state index in [0.717, 1.165) is 12.1 Å². The summed E-state index contributed by atoms with van der Waals surface area (Å²) in [7, 11) is 1.63. The fourth-order valence-corrected chi connectivity index (χ4v) is 1.92. The molecule has 7 nitrogen and oxygen atoms in total. The highest BCUT2D eigenvalue weighted by atomic mass is 79.9. The minimum absolute atomic E-state index is 0.0300. The Kier molecular flexibility index (Phi) is 4.08. The molecule has 0 aliphatic carbocycles. The van der Waals surface area contributed by atoms with Crippen LogP contribution in [0.4, 0.5) is 15.9 Å². The number of rotatable bonds is 4. The van der Waals surface area contributed by atoms with Crippen molar-refractivity contribution < 1.29 is 14.1 Å². The highest BCUT2D eigenvalue weighted by Crippen LogP contribution is 2.37. The summed E-state index contributed by atoms with van der Waals surface area (Å²) in [6.07, 6.45) is 1.19. The van der Waals surface area contributed by atoms with Gasteiger partial charge in [0.05, 0.1) is 4.92 Å². The van der Waals surface area contributed by atoms with Gasteiger partial charge in [0.15, 0.2) is 5.82 Å². The molecule has 0 atom stereocenters. The van der Waals surface area contributed by atoms with Crippen molar-refractivity contribution in [3.8, 4) is 11.6 Å². The third kappa shape index (κ3) is 2.67. The van der Waals surface area contributed by atoms with E-state index in [0.29, 0.717) is 10.3 Å². The van der Waals surface area contributed by atoms with Gasteiger partial charge in [-0.2, -0.15) is 0 Å². The van der Waals surface area contributed by atoms with Gasteiger partial charge >= 0.3 is 5.69 Å². The average Bonchev–Trinajstić information content (AvgIpc) is 2.42. The molecule has 9 heteroatoms. The van der Waals surface area contributed by atoms with Gasteiger partial charge in [0.25, 0.3) is 0 Å². The Labute approximate surface area is 121 Å². The number of nitrogens with zero attached hydrogens (tertiary/aromatic N) is 3. The van der Waals surface area contributed by atoms with E-state index < -0.39 is 22.2 Å². The SMILES string of the molecule is CNc1ncnc(Oc2c(F)cccc2[N+](=O)[O-])c1Br. The highest BCUT2D eigenvalue weighted by molar-refractivity contribution is 9.10. The maximum absolute atomic E-state index is 13.7. The molecule has 0 radical (unpaired) electrons. The van der Waals surface area contributed by atoms with Crippen molar-refractivity contribution in [1.29, 1.82) is 0 Å². The summed E-state index contributed by atoms with van der Waals surface area (Å²) in [6, 6.07) is 3.44. The molecule has 1 aromatic heterocycles. The van der Waals surface area contributed by atoms with E-state index >= 15 is 0 Å². The van der Waals surface area contributed by atoms with Gasteiger partial charge in [0.2, 0.25) is 11.6 Å². The Balaban J connectivity index is 2.48. The molecule has 1 heterocycles. The smallest absolute Gasteiger partial charge is 0.314 e. The van der Waals surface area contributed by atoms with E-state index in [2.05, 4.69) is 31.2 Å². The van der Waals surface area contributed by atoms with Gasteiger partial charge in [0, 0.05) is 13.1 Å². The zero-order chi connectivity index (χ0) is 14.7. The zero-order valence-corrected chi connectivity index (χ0v) is 11.7. The third-order valence-electron chi connectivity index (χ3n) is 2.34. The Morgan fingerprint density at radius 3 is 2.85 bits per heavy atom. The Morgan fingerprint density at radius 2 is 2.20 bits per heavy atom. The van der Waals surface area contributed by atoms with Crippen molar-refractivity contribution in [1.82, 2.24) is 9.97 Å². The Bertz CT molecular complexity index is 668. The summed E-state index contributed by atoms with van der Waals surface area (Å²) in [6.45, 7) is 0. The van der Waals surface area contributed by atoms with E-state index in [-0.39, 0.29) is 5.88 Å². The van der Waals surface area contributed by atoms with Crippen LogP contribution in [0.5, 0.6) is 11.6 Å². The normalized spacial score (nSPS) is 10.2. The van der Waals surface area contributed by atoms with E-state index in [9.17, 15) is 14.5 Å². The fourth-order valence-electron chi connectivity index (χ4n) is 1.44. The van der Waals surface area contributed by atoms with Gasteiger partial charge in [-0.05, 0) is 22.0 Å². The lowest BCUT2D eigenvalue weighted by Gasteiger charge is -2.09. The second kappa shape index (κ2) is 5.78. The fraction of sp³-hybridized carbons (Fsp3) is 0.0909. The molecule has 0 bridgehead atoms. The summed E-state index contributed by atoms with van der Waals surface area (Å²) in [5, 5.41) is 13.6. The molecule has 1 N–H and O–H groups in total. The van der Waals surface area contributed by atoms with Crippen molar-refractivity contribution in [2.45, 2.75) is 0 Å². The summed E-state index contributed by atoms with van der Waals surface area (Å²) < 4.78 is 19.3. The molecule has 0 saturated carbocycles. The van der Waals surface area contributed by atoms with Gasteiger partial charge in [-0.3, -0.25) is 10.1 Å². The van der Waals surface area contributed by atoms with Gasteiger partial charge < -0.3 is 10.1 Å². The van der Waals surface area contributed by atoms with Crippen LogP contribution in [0.15, 0.2) is 29.0 Å². The number of halogens is 2. The third-order valence-corrected chi connectivity index (χ3v) is 3.05. The molecule has 0 aliphatic rings. The van der Waals surface area contributed by atoms with Crippen molar-refractivity contribution >= 4 is 27.4 Å². The first-order valence-electron chi connectivity index (χ1n) is 5.33. The summed E-state index contributed by atoms with van der Waals surface area (Å²) in [5.41, 5.74) is -0.485. The highest BCUT2D eigenvalue weighted by Gasteiger charge is 2.22. The molecule has 0 amide bonds. The first-order valence-corrected chi connectivity index (χ1v) is 6.13. The number of nitrogens with one attached hydrogen (secondary N) is 1. The van der Waals surface area contributed by atoms with Gasteiger partial charge in [-0.25, -0.2) is 14.4 Å². The molecule has 0 saturated heterocycles. The molecule has 0 spiro atoms. The molecular weight excluding hydrogens is 335 g/mol. The predicted molar refractivity (Wildman–Crippen MR) is 72.4 cm³/mol. The van der Waals surface area contributed by atoms with E-state index in [4.69, 9.17) is 4.74 Å². The standard InChI is InChI=1S/C11H8BrFN4O3/c1-14-10-8(12)11(16-5-15-10)20-9-6(13)3-2-4-7(9)17(18)19/h2-5H,1H3,(H,14,15,16). The lowest BCUT2D eigenvalue weighted by molar-refractivity contribution is -0.385. The van der Waals surface area contributed by atoms with Crippen LogP contribution in [0, 0.1) is 15.9 Å². The van der Waals surface area contributed by atoms with Crippen LogP contribution >= 0.6 is 15.9 Å². The largest absolute Gasteiger partial charge is 0.427 e. The van der Waals surface area contributed by atoms with Crippen LogP contribution in [0.1, 0.15) is 0 Å². The number of aromatic nitrogens is 2. The first kappa shape index (κ1) is 14.1. The lowest BCUT2D eigenvalue weighted by atomic mass is 10.3. The van der Waals surface area contributed by atoms with E-state index in [1.807, 2.05) is 0 Å². The van der Waals surface area contributed by atoms with Crippen LogP contribution in [0.3, 0.4) is 0 Å². The van der Waals surface area contributed by atoms with Crippen molar-refractivity contribution in [2.75, 3.05) is 12.4 Å². The molecule has 0 unspecified atom stereocenters. The summed E-state index contributed by atoms with van der Waals surface area (Å²) in [4.78, 5) is 17.9. The topological polar surface area (TPSA) is 90.2 Å². The van der Waals surface area contributed by atoms with Gasteiger partial charge in [-0.15, -0.1) is 0 Å². The number of para-hydroxylation sites is 1. The lowest BCUT2D eigenvalue weighted by Crippen LogP contribution is -2.00. The number of hydrogen-bond acceptors (Lipinski definition) is 6. The summed E-state index contributed by atoms with van der Waals surface area (Å²) in [5.74, 6) is -0.971. The molecule has 20 heavy (non-hydrogen) atoms. The molecule has 1 aromatic carbocycles. The number of anilines is 1. The van der Waals surface area contributed by atoms with Crippen molar-refractivity contribution in [3.63, 3.8) is 0 Å².